The minimum atomic E-state index is -3.74. The van der Waals surface area contributed by atoms with Crippen molar-refractivity contribution in [3.8, 4) is 11.3 Å². The first-order valence-corrected chi connectivity index (χ1v) is 16.6. The molecule has 2 aromatic carbocycles. The number of aliphatic hydroxyl groups is 1. The molecule has 0 bridgehead atoms. The van der Waals surface area contributed by atoms with E-state index in [9.17, 15) is 17.9 Å². The van der Waals surface area contributed by atoms with E-state index in [0.717, 1.165) is 65.6 Å². The van der Waals surface area contributed by atoms with Gasteiger partial charge in [-0.3, -0.25) is 4.90 Å². The highest BCUT2D eigenvalue weighted by Crippen LogP contribution is 2.36. The van der Waals surface area contributed by atoms with E-state index in [0.29, 0.717) is 26.1 Å². The molecule has 7 rings (SSSR count). The highest BCUT2D eigenvalue weighted by Gasteiger charge is 2.37. The van der Waals surface area contributed by atoms with Gasteiger partial charge in [-0.05, 0) is 48.1 Å². The van der Waals surface area contributed by atoms with Gasteiger partial charge >= 0.3 is 0 Å². The standard InChI is InChI=1S/C30H33FN6O3S2/c31-23-6-4-21(5-7-23)8-10-36-20-32-15-28(36)26-3-1-2-22-9-11-37(19-27(22)26)42(39,40)29-16-33-30(41-29)35-13-12-34-18-25(38)14-24(34)17-35/h1-7,15-16,20,24-25,38H,8-14,17-19H2. The van der Waals surface area contributed by atoms with Crippen LogP contribution in [-0.2, 0) is 36.0 Å². The Morgan fingerprint density at radius 3 is 2.76 bits per heavy atom. The number of halogens is 1. The lowest BCUT2D eigenvalue weighted by atomic mass is 9.94. The van der Waals surface area contributed by atoms with E-state index in [-0.39, 0.29) is 28.7 Å². The van der Waals surface area contributed by atoms with E-state index in [1.54, 1.807) is 22.8 Å². The summed E-state index contributed by atoms with van der Waals surface area (Å²) in [6, 6.07) is 12.9. The number of rotatable bonds is 7. The fraction of sp³-hybridized carbons (Fsp3) is 0.400. The lowest BCUT2D eigenvalue weighted by Crippen LogP contribution is -2.50. The average molecular weight is 609 g/mol. The number of benzene rings is 2. The van der Waals surface area contributed by atoms with E-state index < -0.39 is 10.0 Å². The molecule has 0 amide bonds. The largest absolute Gasteiger partial charge is 0.392 e. The predicted molar refractivity (Wildman–Crippen MR) is 159 cm³/mol. The highest BCUT2D eigenvalue weighted by atomic mass is 32.2. The lowest BCUT2D eigenvalue weighted by molar-refractivity contribution is 0.173. The van der Waals surface area contributed by atoms with Gasteiger partial charge in [0.1, 0.15) is 5.82 Å². The summed E-state index contributed by atoms with van der Waals surface area (Å²) in [5, 5.41) is 10.8. The summed E-state index contributed by atoms with van der Waals surface area (Å²) < 4.78 is 45.0. The zero-order valence-electron chi connectivity index (χ0n) is 23.1. The van der Waals surface area contributed by atoms with Crippen molar-refractivity contribution in [1.82, 2.24) is 23.7 Å². The second kappa shape index (κ2) is 11.2. The van der Waals surface area contributed by atoms with Crippen LogP contribution in [0, 0.1) is 5.82 Å². The first-order chi connectivity index (χ1) is 20.3. The number of fused-ring (bicyclic) bond motifs is 2. The maximum absolute atomic E-state index is 13.9. The van der Waals surface area contributed by atoms with Gasteiger partial charge in [0.05, 0.1) is 30.5 Å². The molecule has 42 heavy (non-hydrogen) atoms. The number of thiazole rings is 1. The quantitative estimate of drug-likeness (QED) is 0.344. The number of hydrogen-bond donors (Lipinski definition) is 1. The van der Waals surface area contributed by atoms with Crippen LogP contribution >= 0.6 is 11.3 Å². The molecular weight excluding hydrogens is 576 g/mol. The van der Waals surface area contributed by atoms with Crippen LogP contribution in [0.15, 0.2) is 65.4 Å². The molecule has 0 aliphatic carbocycles. The first-order valence-electron chi connectivity index (χ1n) is 14.3. The van der Waals surface area contributed by atoms with Crippen LogP contribution in [-0.4, -0.2) is 82.1 Å². The van der Waals surface area contributed by atoms with Gasteiger partial charge in [0.15, 0.2) is 9.34 Å². The zero-order chi connectivity index (χ0) is 28.8. The minimum Gasteiger partial charge on any atom is -0.392 e. The third kappa shape index (κ3) is 5.26. The van der Waals surface area contributed by atoms with E-state index in [1.165, 1.54) is 29.7 Å². The number of anilines is 1. The molecule has 2 saturated heterocycles. The van der Waals surface area contributed by atoms with Crippen molar-refractivity contribution in [2.75, 3.05) is 37.6 Å². The van der Waals surface area contributed by atoms with Crippen LogP contribution in [0.25, 0.3) is 11.3 Å². The van der Waals surface area contributed by atoms with Crippen LogP contribution < -0.4 is 4.90 Å². The summed E-state index contributed by atoms with van der Waals surface area (Å²) in [6.45, 7) is 4.44. The molecular formula is C30H33FN6O3S2. The maximum atomic E-state index is 13.9. The van der Waals surface area contributed by atoms with E-state index in [1.807, 2.05) is 18.3 Å². The number of aliphatic hydroxyl groups excluding tert-OH is 1. The molecule has 4 aromatic rings. The van der Waals surface area contributed by atoms with Crippen LogP contribution in [0.3, 0.4) is 0 Å². The van der Waals surface area contributed by atoms with Crippen molar-refractivity contribution in [3.63, 3.8) is 0 Å². The number of aromatic nitrogens is 3. The first kappa shape index (κ1) is 27.7. The smallest absolute Gasteiger partial charge is 0.254 e. The highest BCUT2D eigenvalue weighted by molar-refractivity contribution is 7.91. The molecule has 2 atom stereocenters. The van der Waals surface area contributed by atoms with Gasteiger partial charge in [-0.15, -0.1) is 0 Å². The van der Waals surface area contributed by atoms with Gasteiger partial charge in [-0.1, -0.05) is 41.7 Å². The summed E-state index contributed by atoms with van der Waals surface area (Å²) in [5.74, 6) is -0.250. The number of hydrogen-bond acceptors (Lipinski definition) is 8. The van der Waals surface area contributed by atoms with Gasteiger partial charge in [0.25, 0.3) is 10.0 Å². The third-order valence-electron chi connectivity index (χ3n) is 8.71. The Hall–Kier alpha value is -3.16. The predicted octanol–water partition coefficient (Wildman–Crippen LogP) is 3.39. The summed E-state index contributed by atoms with van der Waals surface area (Å²) >= 11 is 1.23. The Bertz CT molecular complexity index is 1690. The molecule has 2 unspecified atom stereocenters. The molecule has 5 heterocycles. The van der Waals surface area contributed by atoms with Crippen LogP contribution in [0.2, 0.25) is 0 Å². The molecule has 0 spiro atoms. The Labute approximate surface area is 248 Å². The fourth-order valence-corrected chi connectivity index (χ4v) is 9.18. The van der Waals surface area contributed by atoms with Gasteiger partial charge < -0.3 is 14.6 Å². The summed E-state index contributed by atoms with van der Waals surface area (Å²) in [7, 11) is -3.74. The van der Waals surface area contributed by atoms with Crippen LogP contribution in [0.5, 0.6) is 0 Å². The number of nitrogens with zero attached hydrogens (tertiary/aromatic N) is 6. The van der Waals surface area contributed by atoms with Crippen molar-refractivity contribution in [3.05, 3.63) is 83.7 Å². The molecule has 0 saturated carbocycles. The monoisotopic (exact) mass is 608 g/mol. The van der Waals surface area contributed by atoms with Crippen molar-refractivity contribution in [2.24, 2.45) is 0 Å². The van der Waals surface area contributed by atoms with E-state index >= 15 is 0 Å². The van der Waals surface area contributed by atoms with Crippen molar-refractivity contribution in [1.29, 1.82) is 0 Å². The molecule has 0 radical (unpaired) electrons. The van der Waals surface area contributed by atoms with Crippen LogP contribution in [0.4, 0.5) is 9.52 Å². The second-order valence-corrected chi connectivity index (χ2v) is 14.5. The molecule has 12 heteroatoms. The molecule has 2 fully saturated rings. The average Bonchev–Trinajstić information content (AvgIpc) is 3.75. The number of imidazole rings is 1. The topological polar surface area (TPSA) is 94.8 Å². The van der Waals surface area contributed by atoms with E-state index in [2.05, 4.69) is 30.4 Å². The number of sulfonamides is 1. The van der Waals surface area contributed by atoms with Crippen molar-refractivity contribution in [2.45, 2.75) is 48.7 Å². The lowest BCUT2D eigenvalue weighted by Gasteiger charge is -2.37. The Morgan fingerprint density at radius 1 is 1.05 bits per heavy atom. The Balaban J connectivity index is 1.10. The minimum absolute atomic E-state index is 0.250. The third-order valence-corrected chi connectivity index (χ3v) is 12.1. The summed E-state index contributed by atoms with van der Waals surface area (Å²) in [4.78, 5) is 13.4. The molecule has 9 nitrogen and oxygen atoms in total. The van der Waals surface area contributed by atoms with E-state index in [4.69, 9.17) is 0 Å². The zero-order valence-corrected chi connectivity index (χ0v) is 24.8. The molecule has 1 N–H and O–H groups in total. The molecule has 2 aromatic heterocycles. The molecule has 3 aliphatic heterocycles. The second-order valence-electron chi connectivity index (χ2n) is 11.3. The van der Waals surface area contributed by atoms with Crippen LogP contribution in [0.1, 0.15) is 23.1 Å². The summed E-state index contributed by atoms with van der Waals surface area (Å²) in [5.41, 5.74) is 5.09. The van der Waals surface area contributed by atoms with Gasteiger partial charge in [0.2, 0.25) is 0 Å². The van der Waals surface area contributed by atoms with Gasteiger partial charge in [-0.2, -0.15) is 4.31 Å². The molecule has 3 aliphatic rings. The Morgan fingerprint density at radius 2 is 1.90 bits per heavy atom. The molecule has 220 valence electrons. The van der Waals surface area contributed by atoms with Crippen molar-refractivity contribution >= 4 is 26.5 Å². The number of piperazine rings is 1. The van der Waals surface area contributed by atoms with Gasteiger partial charge in [-0.25, -0.2) is 22.8 Å². The summed E-state index contributed by atoms with van der Waals surface area (Å²) in [6.07, 6.45) is 6.92. The Kier molecular flexibility index (Phi) is 7.35. The van der Waals surface area contributed by atoms with Crippen molar-refractivity contribution < 1.29 is 17.9 Å². The number of aryl methyl sites for hydroxylation is 2. The van der Waals surface area contributed by atoms with Gasteiger partial charge in [0, 0.05) is 57.4 Å². The maximum Gasteiger partial charge on any atom is 0.254 e. The normalized spacial score (nSPS) is 21.4. The SMILES string of the molecule is O=S(=O)(c1cnc(N2CCN3CC(O)CC3C2)s1)N1CCc2cccc(-c3cncn3CCc3ccc(F)cc3)c2C1. The fourth-order valence-electron chi connectivity index (χ4n) is 6.46.